The van der Waals surface area contributed by atoms with Gasteiger partial charge in [0.25, 0.3) is 0 Å². The van der Waals surface area contributed by atoms with Gasteiger partial charge in [0.15, 0.2) is 6.29 Å². The second-order valence-corrected chi connectivity index (χ2v) is 12.3. The Labute approximate surface area is 288 Å². The van der Waals surface area contributed by atoms with E-state index in [0.717, 1.165) is 58.6 Å². The molecule has 4 aromatic rings. The second kappa shape index (κ2) is 17.7. The van der Waals surface area contributed by atoms with Crippen molar-refractivity contribution in [3.63, 3.8) is 0 Å². The molecule has 1 aliphatic rings. The van der Waals surface area contributed by atoms with E-state index in [0.29, 0.717) is 6.54 Å². The van der Waals surface area contributed by atoms with Crippen LogP contribution in [-0.2, 0) is 38.6 Å². The molecule has 10 heteroatoms. The number of nitrogens with zero attached hydrogens (tertiary/aromatic N) is 2. The average molecular weight is 667 g/mol. The van der Waals surface area contributed by atoms with Gasteiger partial charge >= 0.3 is 12.0 Å². The molecule has 0 aliphatic carbocycles. The van der Waals surface area contributed by atoms with Crippen molar-refractivity contribution in [1.29, 1.82) is 0 Å². The number of ether oxygens (including phenoxy) is 3. The van der Waals surface area contributed by atoms with Crippen molar-refractivity contribution in [3.8, 4) is 11.1 Å². The molecule has 4 atom stereocenters. The molecule has 1 aromatic heterocycles. The molecule has 258 valence electrons. The van der Waals surface area contributed by atoms with Gasteiger partial charge in [0, 0.05) is 49.4 Å². The Kier molecular flexibility index (Phi) is 12.9. The zero-order valence-electron chi connectivity index (χ0n) is 28.4. The minimum Gasteiger partial charge on any atom is -0.465 e. The van der Waals surface area contributed by atoms with E-state index in [2.05, 4.69) is 52.7 Å². The minimum absolute atomic E-state index is 0.00495. The molecule has 5 rings (SSSR count). The van der Waals surface area contributed by atoms with Crippen LogP contribution in [0.1, 0.15) is 54.2 Å². The Balaban J connectivity index is 1.26. The number of nitrogens with one attached hydrogen (secondary N) is 2. The highest BCUT2D eigenvalue weighted by molar-refractivity contribution is 5.80. The van der Waals surface area contributed by atoms with Crippen LogP contribution in [0.5, 0.6) is 0 Å². The van der Waals surface area contributed by atoms with Crippen LogP contribution >= 0.6 is 0 Å². The summed E-state index contributed by atoms with van der Waals surface area (Å²) in [5.41, 5.74) is 6.84. The monoisotopic (exact) mass is 666 g/mol. The lowest BCUT2D eigenvalue weighted by Gasteiger charge is -2.42. The highest BCUT2D eigenvalue weighted by atomic mass is 16.7. The summed E-state index contributed by atoms with van der Waals surface area (Å²) in [6.07, 6.45) is 1.83. The first-order chi connectivity index (χ1) is 23.8. The van der Waals surface area contributed by atoms with E-state index >= 15 is 0 Å². The molecule has 49 heavy (non-hydrogen) atoms. The van der Waals surface area contributed by atoms with Gasteiger partial charge in [-0.25, -0.2) is 4.79 Å². The molecule has 2 heterocycles. The third-order valence-electron chi connectivity index (χ3n) is 8.69. The number of aliphatic hydroxyl groups is 1. The van der Waals surface area contributed by atoms with E-state index in [-0.39, 0.29) is 37.9 Å². The summed E-state index contributed by atoms with van der Waals surface area (Å²) < 4.78 is 18.2. The number of carbonyl (C=O) groups excluding carboxylic acids is 2. The van der Waals surface area contributed by atoms with Crippen LogP contribution in [0.25, 0.3) is 11.1 Å². The summed E-state index contributed by atoms with van der Waals surface area (Å²) in [5, 5.41) is 14.9. The Morgan fingerprint density at radius 3 is 2.39 bits per heavy atom. The van der Waals surface area contributed by atoms with Crippen LogP contribution in [0.2, 0.25) is 0 Å². The van der Waals surface area contributed by atoms with Gasteiger partial charge in [-0.2, -0.15) is 0 Å². The normalized spacial score (nSPS) is 19.0. The quantitative estimate of drug-likeness (QED) is 0.150. The van der Waals surface area contributed by atoms with Gasteiger partial charge in [-0.05, 0) is 60.0 Å². The Morgan fingerprint density at radius 2 is 1.67 bits per heavy atom. The van der Waals surface area contributed by atoms with Crippen molar-refractivity contribution in [3.05, 3.63) is 125 Å². The van der Waals surface area contributed by atoms with Crippen LogP contribution in [0.15, 0.2) is 97.2 Å². The van der Waals surface area contributed by atoms with Gasteiger partial charge in [0.05, 0.1) is 25.4 Å². The molecule has 0 spiro atoms. The molecule has 1 saturated heterocycles. The van der Waals surface area contributed by atoms with Crippen molar-refractivity contribution in [2.45, 2.75) is 51.9 Å². The number of hydrogen-bond acceptors (Lipinski definition) is 8. The number of benzene rings is 3. The number of likely N-dealkylation sites (N-methyl/N-ethyl adjacent to an activating group) is 1. The molecular formula is C39H46N4O6. The largest absolute Gasteiger partial charge is 0.465 e. The second-order valence-electron chi connectivity index (χ2n) is 12.3. The van der Waals surface area contributed by atoms with Crippen LogP contribution in [0.3, 0.4) is 0 Å². The molecular weight excluding hydrogens is 620 g/mol. The van der Waals surface area contributed by atoms with Gasteiger partial charge in [0.2, 0.25) is 0 Å². The lowest BCUT2D eigenvalue weighted by Crippen LogP contribution is -2.43. The molecule has 10 nitrogen and oxygen atoms in total. The van der Waals surface area contributed by atoms with E-state index in [1.165, 1.54) is 0 Å². The first-order valence-electron chi connectivity index (χ1n) is 16.8. The molecule has 0 bridgehead atoms. The fraction of sp³-hybridized carbons (Fsp3) is 0.359. The lowest BCUT2D eigenvalue weighted by molar-refractivity contribution is -0.275. The fourth-order valence-corrected chi connectivity index (χ4v) is 5.88. The third kappa shape index (κ3) is 10.2. The number of pyridine rings is 1. The van der Waals surface area contributed by atoms with Gasteiger partial charge in [-0.3, -0.25) is 9.78 Å². The van der Waals surface area contributed by atoms with Crippen molar-refractivity contribution in [2.75, 3.05) is 33.3 Å². The highest BCUT2D eigenvalue weighted by Gasteiger charge is 2.38. The Morgan fingerprint density at radius 1 is 0.898 bits per heavy atom. The number of carbonyl (C=O) groups is 2. The molecule has 1 aliphatic heterocycles. The summed E-state index contributed by atoms with van der Waals surface area (Å²) >= 11 is 0. The molecule has 2 amide bonds. The number of aromatic nitrogens is 1. The van der Waals surface area contributed by atoms with Crippen molar-refractivity contribution >= 4 is 12.0 Å². The topological polar surface area (TPSA) is 122 Å². The lowest BCUT2D eigenvalue weighted by atomic mass is 9.90. The summed E-state index contributed by atoms with van der Waals surface area (Å²) in [4.78, 5) is 30.4. The van der Waals surface area contributed by atoms with Crippen LogP contribution in [0, 0.1) is 5.92 Å². The average Bonchev–Trinajstić information content (AvgIpc) is 3.14. The number of aliphatic hydroxyl groups excluding tert-OH is 1. The van der Waals surface area contributed by atoms with E-state index < -0.39 is 18.3 Å². The maximum Gasteiger partial charge on any atom is 0.325 e. The molecule has 1 fully saturated rings. The number of hydrogen-bond donors (Lipinski definition) is 3. The van der Waals surface area contributed by atoms with E-state index in [1.807, 2.05) is 79.0 Å². The number of amides is 2. The smallest absolute Gasteiger partial charge is 0.325 e. The highest BCUT2D eigenvalue weighted by Crippen LogP contribution is 2.42. The van der Waals surface area contributed by atoms with Crippen molar-refractivity contribution < 1.29 is 28.9 Å². The maximum absolute atomic E-state index is 12.1. The Hall–Kier alpha value is -4.61. The number of esters is 1. The SMILES string of the molecule is CCOC(=O)CNC(=O)NCc1cccc(-c2ccc([C@@H]3O[C@H](CN(C)CCc4ccccn4)[C@H](C)[C@H](c4ccc(CO)cc4)O3)cc2)c1. The first kappa shape index (κ1) is 35.7. The molecule has 0 saturated carbocycles. The van der Waals surface area contributed by atoms with E-state index in [9.17, 15) is 14.7 Å². The van der Waals surface area contributed by atoms with Crippen LogP contribution in [-0.4, -0.2) is 66.4 Å². The standard InChI is InChI=1S/C39H46N4O6/c1-4-47-36(45)24-42-39(46)41-23-29-8-7-9-33(22-29)30-15-17-32(18-16-30)38-48-35(25-43(3)21-19-34-10-5-6-20-40-34)27(2)37(49-38)31-13-11-28(26-44)12-14-31/h5-18,20,22,27,35,37-38,44H,4,19,21,23-26H2,1-3H3,(H2,41,42,46)/t27-,35+,37+,38+/m0/s1. The van der Waals surface area contributed by atoms with Crippen molar-refractivity contribution in [1.82, 2.24) is 20.5 Å². The molecule has 0 radical (unpaired) electrons. The number of urea groups is 1. The summed E-state index contributed by atoms with van der Waals surface area (Å²) in [7, 11) is 2.11. The van der Waals surface area contributed by atoms with Crippen molar-refractivity contribution in [2.24, 2.45) is 5.92 Å². The van der Waals surface area contributed by atoms with E-state index in [4.69, 9.17) is 14.2 Å². The first-order valence-corrected chi connectivity index (χ1v) is 16.8. The van der Waals surface area contributed by atoms with Crippen LogP contribution in [0.4, 0.5) is 4.79 Å². The zero-order chi connectivity index (χ0) is 34.6. The van der Waals surface area contributed by atoms with E-state index in [1.54, 1.807) is 6.92 Å². The molecule has 0 unspecified atom stereocenters. The molecule has 3 N–H and O–H groups in total. The fourth-order valence-electron chi connectivity index (χ4n) is 5.88. The van der Waals surface area contributed by atoms with Gasteiger partial charge < -0.3 is 34.9 Å². The predicted molar refractivity (Wildman–Crippen MR) is 187 cm³/mol. The minimum atomic E-state index is -0.564. The van der Waals surface area contributed by atoms with Gasteiger partial charge in [0.1, 0.15) is 6.54 Å². The third-order valence-corrected chi connectivity index (χ3v) is 8.69. The summed E-state index contributed by atoms with van der Waals surface area (Å²) in [6.45, 7) is 5.87. The maximum atomic E-state index is 12.1. The van der Waals surface area contributed by atoms with Gasteiger partial charge in [-0.15, -0.1) is 0 Å². The predicted octanol–water partition coefficient (Wildman–Crippen LogP) is 5.57. The Bertz CT molecular complexity index is 1630. The summed E-state index contributed by atoms with van der Waals surface area (Å²) in [5.74, 6) is -0.398. The zero-order valence-corrected chi connectivity index (χ0v) is 28.4. The van der Waals surface area contributed by atoms with Gasteiger partial charge in [-0.1, -0.05) is 79.7 Å². The van der Waals surface area contributed by atoms with Crippen LogP contribution < -0.4 is 10.6 Å². The number of rotatable bonds is 14. The summed E-state index contributed by atoms with van der Waals surface area (Å²) in [6, 6.07) is 29.6. The molecule has 3 aromatic carbocycles.